The van der Waals surface area contributed by atoms with E-state index in [9.17, 15) is 14.7 Å². The molecule has 0 aromatic heterocycles. The van der Waals surface area contributed by atoms with Crippen molar-refractivity contribution in [3.63, 3.8) is 0 Å². The van der Waals surface area contributed by atoms with Gasteiger partial charge in [-0.05, 0) is 23.3 Å². The van der Waals surface area contributed by atoms with Crippen LogP contribution in [0.25, 0.3) is 0 Å². The lowest BCUT2D eigenvalue weighted by atomic mass is 9.78. The van der Waals surface area contributed by atoms with Gasteiger partial charge in [-0.3, -0.25) is 4.79 Å². The van der Waals surface area contributed by atoms with Crippen molar-refractivity contribution in [2.45, 2.75) is 19.3 Å². The fourth-order valence-electron chi connectivity index (χ4n) is 2.36. The van der Waals surface area contributed by atoms with Gasteiger partial charge in [0.1, 0.15) is 5.75 Å². The fourth-order valence-corrected chi connectivity index (χ4v) is 2.36. The molecule has 0 bridgehead atoms. The van der Waals surface area contributed by atoms with E-state index in [1.807, 2.05) is 30.3 Å². The standard InChI is InChI=1S/C19H21NO4/c1-19(2,14-6-4-3-5-7-14)15-8-10-16(11-9-15)24-13-17(21)20-12-18(22)23/h3-11H,12-13H2,1-2H3,(H,20,21)(H,22,23)/p-1. The van der Waals surface area contributed by atoms with Gasteiger partial charge in [0.15, 0.2) is 6.61 Å². The minimum atomic E-state index is -1.34. The summed E-state index contributed by atoms with van der Waals surface area (Å²) < 4.78 is 5.35. The predicted octanol–water partition coefficient (Wildman–Crippen LogP) is 1.26. The molecule has 0 heterocycles. The molecule has 0 aliphatic carbocycles. The van der Waals surface area contributed by atoms with Crippen molar-refractivity contribution in [3.05, 3.63) is 65.7 Å². The van der Waals surface area contributed by atoms with Crippen LogP contribution in [0.4, 0.5) is 0 Å². The maximum Gasteiger partial charge on any atom is 0.258 e. The van der Waals surface area contributed by atoms with Gasteiger partial charge in [-0.25, -0.2) is 0 Å². The number of carboxylic acid groups (broad SMARTS) is 1. The van der Waals surface area contributed by atoms with Crippen molar-refractivity contribution in [1.82, 2.24) is 5.32 Å². The van der Waals surface area contributed by atoms with Crippen LogP contribution in [0.15, 0.2) is 54.6 Å². The minimum Gasteiger partial charge on any atom is -0.548 e. The molecule has 0 aliphatic rings. The van der Waals surface area contributed by atoms with E-state index in [2.05, 4.69) is 31.3 Å². The Bertz CT molecular complexity index is 693. The van der Waals surface area contributed by atoms with Crippen LogP contribution in [0, 0.1) is 0 Å². The Labute approximate surface area is 141 Å². The summed E-state index contributed by atoms with van der Waals surface area (Å²) in [5.41, 5.74) is 2.19. The van der Waals surface area contributed by atoms with Crippen LogP contribution in [-0.2, 0) is 15.0 Å². The van der Waals surface area contributed by atoms with E-state index >= 15 is 0 Å². The number of hydrogen-bond donors (Lipinski definition) is 1. The van der Waals surface area contributed by atoms with Crippen molar-refractivity contribution < 1.29 is 19.4 Å². The number of nitrogens with one attached hydrogen (secondary N) is 1. The summed E-state index contributed by atoms with van der Waals surface area (Å²) in [5, 5.41) is 12.4. The van der Waals surface area contributed by atoms with E-state index in [1.54, 1.807) is 12.1 Å². The molecule has 2 aromatic rings. The molecule has 24 heavy (non-hydrogen) atoms. The van der Waals surface area contributed by atoms with Gasteiger partial charge in [-0.1, -0.05) is 56.3 Å². The minimum absolute atomic E-state index is 0.147. The second-order valence-electron chi connectivity index (χ2n) is 5.95. The predicted molar refractivity (Wildman–Crippen MR) is 88.5 cm³/mol. The normalized spacial score (nSPS) is 10.9. The molecule has 0 unspecified atom stereocenters. The van der Waals surface area contributed by atoms with Gasteiger partial charge in [0.2, 0.25) is 0 Å². The summed E-state index contributed by atoms with van der Waals surface area (Å²) in [6.07, 6.45) is 0. The SMILES string of the molecule is CC(C)(c1ccccc1)c1ccc(OCC(=O)NCC(=O)[O-])cc1. The van der Waals surface area contributed by atoms with Gasteiger partial charge in [-0.2, -0.15) is 0 Å². The number of hydrogen-bond acceptors (Lipinski definition) is 4. The third-order valence-electron chi connectivity index (χ3n) is 3.87. The highest BCUT2D eigenvalue weighted by molar-refractivity contribution is 5.81. The van der Waals surface area contributed by atoms with E-state index in [0.29, 0.717) is 5.75 Å². The lowest BCUT2D eigenvalue weighted by molar-refractivity contribution is -0.304. The second-order valence-corrected chi connectivity index (χ2v) is 5.95. The van der Waals surface area contributed by atoms with E-state index in [4.69, 9.17) is 4.74 Å². The molecule has 0 atom stereocenters. The Balaban J connectivity index is 1.98. The molecule has 2 rings (SSSR count). The van der Waals surface area contributed by atoms with Crippen molar-refractivity contribution in [1.29, 1.82) is 0 Å². The molecule has 126 valence electrons. The zero-order valence-corrected chi connectivity index (χ0v) is 13.7. The monoisotopic (exact) mass is 326 g/mol. The van der Waals surface area contributed by atoms with E-state index in [1.165, 1.54) is 5.56 Å². The molecule has 1 amide bonds. The first-order chi connectivity index (χ1) is 11.4. The van der Waals surface area contributed by atoms with Gasteiger partial charge < -0.3 is 20.0 Å². The van der Waals surface area contributed by atoms with Gasteiger partial charge >= 0.3 is 0 Å². The second kappa shape index (κ2) is 7.64. The van der Waals surface area contributed by atoms with Crippen LogP contribution in [0.3, 0.4) is 0 Å². The van der Waals surface area contributed by atoms with Crippen LogP contribution in [-0.4, -0.2) is 25.0 Å². The number of aliphatic carboxylic acids is 1. The zero-order valence-electron chi connectivity index (χ0n) is 13.7. The maximum atomic E-state index is 11.4. The number of amides is 1. The molecule has 0 aliphatic heterocycles. The number of ether oxygens (including phenoxy) is 1. The lowest BCUT2D eigenvalue weighted by Crippen LogP contribution is -2.39. The Hall–Kier alpha value is -2.82. The summed E-state index contributed by atoms with van der Waals surface area (Å²) in [6.45, 7) is 3.53. The number of rotatable bonds is 7. The lowest BCUT2D eigenvalue weighted by Gasteiger charge is -2.26. The largest absolute Gasteiger partial charge is 0.548 e. The molecule has 0 spiro atoms. The van der Waals surface area contributed by atoms with Gasteiger partial charge in [0.25, 0.3) is 5.91 Å². The molecule has 2 aromatic carbocycles. The Morgan fingerprint density at radius 2 is 1.58 bits per heavy atom. The molecular formula is C19H20NO4-. The first-order valence-corrected chi connectivity index (χ1v) is 7.65. The average molecular weight is 326 g/mol. The highest BCUT2D eigenvalue weighted by Gasteiger charge is 2.22. The highest BCUT2D eigenvalue weighted by atomic mass is 16.5. The molecule has 0 saturated heterocycles. The summed E-state index contributed by atoms with van der Waals surface area (Å²) in [7, 11) is 0. The summed E-state index contributed by atoms with van der Waals surface area (Å²) in [5.74, 6) is -1.30. The van der Waals surface area contributed by atoms with Crippen molar-refractivity contribution >= 4 is 11.9 Å². The smallest absolute Gasteiger partial charge is 0.258 e. The molecule has 5 nitrogen and oxygen atoms in total. The first-order valence-electron chi connectivity index (χ1n) is 7.65. The fraction of sp³-hybridized carbons (Fsp3) is 0.263. The zero-order chi connectivity index (χ0) is 17.6. The quantitative estimate of drug-likeness (QED) is 0.831. The molecular weight excluding hydrogens is 306 g/mol. The molecule has 0 saturated carbocycles. The van der Waals surface area contributed by atoms with E-state index in [0.717, 1.165) is 5.56 Å². The Morgan fingerprint density at radius 3 is 2.17 bits per heavy atom. The highest BCUT2D eigenvalue weighted by Crippen LogP contribution is 2.32. The third-order valence-corrected chi connectivity index (χ3v) is 3.87. The average Bonchev–Trinajstić information content (AvgIpc) is 2.59. The molecule has 0 radical (unpaired) electrons. The number of carbonyl (C=O) groups excluding carboxylic acids is 2. The van der Waals surface area contributed by atoms with Crippen LogP contribution in [0.1, 0.15) is 25.0 Å². The van der Waals surface area contributed by atoms with E-state index in [-0.39, 0.29) is 12.0 Å². The third kappa shape index (κ3) is 4.59. The summed E-state index contributed by atoms with van der Waals surface area (Å²) in [4.78, 5) is 21.7. The summed E-state index contributed by atoms with van der Waals surface area (Å²) >= 11 is 0. The summed E-state index contributed by atoms with van der Waals surface area (Å²) in [6, 6.07) is 17.7. The van der Waals surface area contributed by atoms with Crippen LogP contribution >= 0.6 is 0 Å². The molecule has 5 heteroatoms. The van der Waals surface area contributed by atoms with Crippen LogP contribution in [0.2, 0.25) is 0 Å². The maximum absolute atomic E-state index is 11.4. The number of carboxylic acids is 1. The Morgan fingerprint density at radius 1 is 1.00 bits per heavy atom. The van der Waals surface area contributed by atoms with E-state index < -0.39 is 18.4 Å². The van der Waals surface area contributed by atoms with Crippen LogP contribution in [0.5, 0.6) is 5.75 Å². The number of benzene rings is 2. The van der Waals surface area contributed by atoms with Gasteiger partial charge in [0.05, 0.1) is 12.5 Å². The van der Waals surface area contributed by atoms with Gasteiger partial charge in [-0.15, -0.1) is 0 Å². The van der Waals surface area contributed by atoms with Gasteiger partial charge in [0, 0.05) is 5.41 Å². The Kier molecular flexibility index (Phi) is 5.58. The molecule has 0 fully saturated rings. The van der Waals surface area contributed by atoms with Crippen molar-refractivity contribution in [2.75, 3.05) is 13.2 Å². The topological polar surface area (TPSA) is 78.5 Å². The van der Waals surface area contributed by atoms with Crippen molar-refractivity contribution in [2.24, 2.45) is 0 Å². The number of carbonyl (C=O) groups is 2. The van der Waals surface area contributed by atoms with Crippen molar-refractivity contribution in [3.8, 4) is 5.75 Å². The van der Waals surface area contributed by atoms with Crippen LogP contribution < -0.4 is 15.2 Å². The molecule has 1 N–H and O–H groups in total. The first kappa shape index (κ1) is 17.5.